The van der Waals surface area contributed by atoms with E-state index in [1.807, 2.05) is 11.8 Å². The Balaban J connectivity index is 1.48. The molecule has 1 atom stereocenters. The SMILES string of the molecule is CC(=O)N(c1nc(CN2CCCC2c2noc(C)n2)cs1)C1CC1. The Hall–Kier alpha value is -1.80. The standard InChI is InChI=1S/C16H21N5O2S/c1-10-17-15(19-23-10)14-4-3-7-20(14)8-12-9-24-16(18-12)21(11(2)22)13-5-6-13/h9,13-14H,3-8H2,1-2H3. The lowest BCUT2D eigenvalue weighted by Gasteiger charge is -2.20. The van der Waals surface area contributed by atoms with Crippen LogP contribution in [0.1, 0.15) is 56.1 Å². The third-order valence-corrected chi connectivity index (χ3v) is 5.46. The summed E-state index contributed by atoms with van der Waals surface area (Å²) in [7, 11) is 0. The first-order chi connectivity index (χ1) is 11.6. The van der Waals surface area contributed by atoms with Crippen LogP contribution in [0.25, 0.3) is 0 Å². The number of hydrogen-bond acceptors (Lipinski definition) is 7. The van der Waals surface area contributed by atoms with E-state index in [1.54, 1.807) is 18.3 Å². The molecule has 1 saturated heterocycles. The normalized spacial score (nSPS) is 21.3. The molecular formula is C16H21N5O2S. The van der Waals surface area contributed by atoms with Gasteiger partial charge in [-0.25, -0.2) is 4.98 Å². The van der Waals surface area contributed by atoms with Crippen LogP contribution in [0.3, 0.4) is 0 Å². The minimum Gasteiger partial charge on any atom is -0.340 e. The van der Waals surface area contributed by atoms with E-state index in [1.165, 1.54) is 0 Å². The Kier molecular flexibility index (Phi) is 4.09. The molecule has 4 rings (SSSR count). The van der Waals surface area contributed by atoms with E-state index in [-0.39, 0.29) is 11.9 Å². The van der Waals surface area contributed by atoms with Crippen molar-refractivity contribution in [2.75, 3.05) is 11.4 Å². The molecule has 1 saturated carbocycles. The Morgan fingerprint density at radius 3 is 2.92 bits per heavy atom. The zero-order valence-corrected chi connectivity index (χ0v) is 14.8. The van der Waals surface area contributed by atoms with Crippen molar-refractivity contribution >= 4 is 22.4 Å². The number of aryl methyl sites for hydroxylation is 1. The number of carbonyl (C=O) groups is 1. The number of nitrogens with zero attached hydrogens (tertiary/aromatic N) is 5. The van der Waals surface area contributed by atoms with Crippen molar-refractivity contribution in [1.29, 1.82) is 0 Å². The summed E-state index contributed by atoms with van der Waals surface area (Å²) in [5.41, 5.74) is 1.01. The van der Waals surface area contributed by atoms with Gasteiger partial charge in [-0.2, -0.15) is 4.98 Å². The van der Waals surface area contributed by atoms with Crippen molar-refractivity contribution in [2.45, 2.75) is 58.2 Å². The fourth-order valence-corrected chi connectivity index (χ4v) is 4.26. The van der Waals surface area contributed by atoms with Crippen molar-refractivity contribution in [3.63, 3.8) is 0 Å². The third kappa shape index (κ3) is 3.08. The summed E-state index contributed by atoms with van der Waals surface area (Å²) >= 11 is 1.56. The zero-order valence-electron chi connectivity index (χ0n) is 13.9. The van der Waals surface area contributed by atoms with Crippen molar-refractivity contribution in [2.24, 2.45) is 0 Å². The lowest BCUT2D eigenvalue weighted by molar-refractivity contribution is -0.116. The number of rotatable bonds is 5. The average Bonchev–Trinajstić information content (AvgIpc) is 2.93. The van der Waals surface area contributed by atoms with Gasteiger partial charge in [0.2, 0.25) is 11.8 Å². The molecule has 3 heterocycles. The topological polar surface area (TPSA) is 75.4 Å². The summed E-state index contributed by atoms with van der Waals surface area (Å²) in [6, 6.07) is 0.545. The molecule has 1 amide bonds. The van der Waals surface area contributed by atoms with Gasteiger partial charge in [-0.3, -0.25) is 14.6 Å². The van der Waals surface area contributed by atoms with Crippen LogP contribution in [0.2, 0.25) is 0 Å². The molecule has 7 nitrogen and oxygen atoms in total. The molecule has 0 bridgehead atoms. The summed E-state index contributed by atoms with van der Waals surface area (Å²) in [4.78, 5) is 25.2. The summed E-state index contributed by atoms with van der Waals surface area (Å²) in [5, 5.41) is 6.96. The first-order valence-corrected chi connectivity index (χ1v) is 9.28. The molecule has 128 valence electrons. The van der Waals surface area contributed by atoms with E-state index in [0.717, 1.165) is 55.4 Å². The van der Waals surface area contributed by atoms with Crippen LogP contribution in [0.5, 0.6) is 0 Å². The van der Waals surface area contributed by atoms with Crippen molar-refractivity contribution < 1.29 is 9.32 Å². The van der Waals surface area contributed by atoms with E-state index in [9.17, 15) is 4.79 Å². The summed E-state index contributed by atoms with van der Waals surface area (Å²) < 4.78 is 5.13. The van der Waals surface area contributed by atoms with E-state index in [0.29, 0.717) is 11.9 Å². The molecule has 2 aromatic heterocycles. The molecule has 2 aromatic rings. The van der Waals surface area contributed by atoms with Crippen molar-refractivity contribution in [1.82, 2.24) is 20.0 Å². The molecule has 0 N–H and O–H groups in total. The zero-order chi connectivity index (χ0) is 16.7. The monoisotopic (exact) mass is 347 g/mol. The van der Waals surface area contributed by atoms with E-state index < -0.39 is 0 Å². The van der Waals surface area contributed by atoms with E-state index >= 15 is 0 Å². The Morgan fingerprint density at radius 1 is 1.42 bits per heavy atom. The molecule has 1 aliphatic carbocycles. The maximum atomic E-state index is 11.9. The molecule has 2 fully saturated rings. The van der Waals surface area contributed by atoms with Gasteiger partial charge in [0.05, 0.1) is 11.7 Å². The predicted molar refractivity (Wildman–Crippen MR) is 89.7 cm³/mol. The van der Waals surface area contributed by atoms with Crippen LogP contribution in [-0.2, 0) is 11.3 Å². The quantitative estimate of drug-likeness (QED) is 0.828. The highest BCUT2D eigenvalue weighted by molar-refractivity contribution is 7.14. The minimum absolute atomic E-state index is 0.0831. The van der Waals surface area contributed by atoms with E-state index in [4.69, 9.17) is 9.51 Å². The van der Waals surface area contributed by atoms with Gasteiger partial charge in [0.15, 0.2) is 11.0 Å². The Morgan fingerprint density at radius 2 is 2.25 bits per heavy atom. The number of likely N-dealkylation sites (tertiary alicyclic amines) is 1. The summed E-state index contributed by atoms with van der Waals surface area (Å²) in [6.07, 6.45) is 4.33. The number of aromatic nitrogens is 3. The van der Waals surface area contributed by atoms with Crippen LogP contribution < -0.4 is 4.90 Å². The van der Waals surface area contributed by atoms with Gasteiger partial charge in [-0.15, -0.1) is 11.3 Å². The fourth-order valence-electron chi connectivity index (χ4n) is 3.33. The number of thiazole rings is 1. The molecule has 1 aliphatic heterocycles. The lowest BCUT2D eigenvalue weighted by Crippen LogP contribution is -2.30. The number of carbonyl (C=O) groups excluding carboxylic acids is 1. The second-order valence-electron chi connectivity index (χ2n) is 6.54. The predicted octanol–water partition coefficient (Wildman–Crippen LogP) is 2.69. The molecule has 2 aliphatic rings. The third-order valence-electron chi connectivity index (χ3n) is 4.57. The summed E-state index contributed by atoms with van der Waals surface area (Å²) in [6.45, 7) is 5.19. The maximum Gasteiger partial charge on any atom is 0.225 e. The van der Waals surface area contributed by atoms with Gasteiger partial charge >= 0.3 is 0 Å². The van der Waals surface area contributed by atoms with Gasteiger partial charge in [0, 0.05) is 31.8 Å². The number of anilines is 1. The fraction of sp³-hybridized carbons (Fsp3) is 0.625. The number of hydrogen-bond donors (Lipinski definition) is 0. The van der Waals surface area contributed by atoms with Crippen molar-refractivity contribution in [3.8, 4) is 0 Å². The Bertz CT molecular complexity index is 738. The van der Waals surface area contributed by atoms with Gasteiger partial charge in [-0.1, -0.05) is 5.16 Å². The Labute approximate surface area is 144 Å². The van der Waals surface area contributed by atoms with Gasteiger partial charge in [0.1, 0.15) is 0 Å². The van der Waals surface area contributed by atoms with E-state index in [2.05, 4.69) is 20.4 Å². The van der Waals surface area contributed by atoms with Gasteiger partial charge in [0.25, 0.3) is 0 Å². The number of amides is 1. The molecule has 8 heteroatoms. The first-order valence-electron chi connectivity index (χ1n) is 8.40. The van der Waals surface area contributed by atoms with Crippen molar-refractivity contribution in [3.05, 3.63) is 22.8 Å². The second-order valence-corrected chi connectivity index (χ2v) is 7.38. The van der Waals surface area contributed by atoms with Crippen LogP contribution in [0.4, 0.5) is 5.13 Å². The smallest absolute Gasteiger partial charge is 0.225 e. The molecule has 0 aromatic carbocycles. The molecule has 0 spiro atoms. The summed E-state index contributed by atoms with van der Waals surface area (Å²) in [5.74, 6) is 1.46. The maximum absolute atomic E-state index is 11.9. The van der Waals surface area contributed by atoms with Gasteiger partial charge < -0.3 is 4.52 Å². The molecule has 24 heavy (non-hydrogen) atoms. The van der Waals surface area contributed by atoms with Crippen LogP contribution >= 0.6 is 11.3 Å². The first kappa shape index (κ1) is 15.7. The van der Waals surface area contributed by atoms with Gasteiger partial charge in [-0.05, 0) is 32.2 Å². The second kappa shape index (κ2) is 6.25. The van der Waals surface area contributed by atoms with Crippen LogP contribution in [-0.4, -0.2) is 38.5 Å². The highest BCUT2D eigenvalue weighted by Gasteiger charge is 2.34. The highest BCUT2D eigenvalue weighted by Crippen LogP contribution is 2.35. The average molecular weight is 347 g/mol. The highest BCUT2D eigenvalue weighted by atomic mass is 32.1. The molecule has 0 radical (unpaired) electrons. The molecular weight excluding hydrogens is 326 g/mol. The minimum atomic E-state index is 0.0831. The van der Waals surface area contributed by atoms with Crippen LogP contribution in [0, 0.1) is 6.92 Å². The largest absolute Gasteiger partial charge is 0.340 e. The van der Waals surface area contributed by atoms with Crippen LogP contribution in [0.15, 0.2) is 9.90 Å². The molecule has 1 unspecified atom stereocenters. The lowest BCUT2D eigenvalue weighted by atomic mass is 10.2.